The molecule has 1 aliphatic rings. The normalized spacial score (nSPS) is 15.2. The molecule has 1 aromatic heterocycles. The maximum absolute atomic E-state index is 13.1. The summed E-state index contributed by atoms with van der Waals surface area (Å²) in [6.45, 7) is 0. The SMILES string of the molecule is O=C(CC1C(=O)Nc2c(-c3ccc(F)cc3)cnn21)Nc1cc(Cl)cc(Cl)c1. The molecule has 9 heteroatoms. The van der Waals surface area contributed by atoms with E-state index >= 15 is 0 Å². The van der Waals surface area contributed by atoms with Gasteiger partial charge in [0.25, 0.3) is 5.91 Å². The molecule has 0 saturated carbocycles. The molecule has 0 fully saturated rings. The third kappa shape index (κ3) is 3.58. The Bertz CT molecular complexity index is 1060. The number of fused-ring (bicyclic) bond motifs is 1. The van der Waals surface area contributed by atoms with Crippen LogP contribution in [0.25, 0.3) is 11.1 Å². The van der Waals surface area contributed by atoms with Crippen LogP contribution in [0.3, 0.4) is 0 Å². The average Bonchev–Trinajstić information content (AvgIpc) is 3.15. The van der Waals surface area contributed by atoms with Gasteiger partial charge < -0.3 is 10.6 Å². The van der Waals surface area contributed by atoms with Crippen molar-refractivity contribution in [3.63, 3.8) is 0 Å². The topological polar surface area (TPSA) is 76.0 Å². The highest BCUT2D eigenvalue weighted by molar-refractivity contribution is 6.35. The highest BCUT2D eigenvalue weighted by atomic mass is 35.5. The number of nitrogens with zero attached hydrogens (tertiary/aromatic N) is 2. The molecule has 4 rings (SSSR count). The summed E-state index contributed by atoms with van der Waals surface area (Å²) in [5, 5.41) is 10.4. The quantitative estimate of drug-likeness (QED) is 0.653. The van der Waals surface area contributed by atoms with Crippen LogP contribution in [0, 0.1) is 5.82 Å². The molecule has 1 unspecified atom stereocenters. The van der Waals surface area contributed by atoms with Gasteiger partial charge in [-0.25, -0.2) is 9.07 Å². The Morgan fingerprint density at radius 3 is 2.54 bits per heavy atom. The molecule has 2 N–H and O–H groups in total. The zero-order valence-electron chi connectivity index (χ0n) is 14.2. The van der Waals surface area contributed by atoms with Gasteiger partial charge in [0.2, 0.25) is 5.91 Å². The number of benzene rings is 2. The number of anilines is 2. The summed E-state index contributed by atoms with van der Waals surface area (Å²) in [4.78, 5) is 24.8. The van der Waals surface area contributed by atoms with E-state index < -0.39 is 6.04 Å². The minimum absolute atomic E-state index is 0.118. The zero-order chi connectivity index (χ0) is 19.8. The third-order valence-electron chi connectivity index (χ3n) is 4.32. The average molecular weight is 419 g/mol. The minimum Gasteiger partial charge on any atom is -0.326 e. The van der Waals surface area contributed by atoms with Gasteiger partial charge in [-0.1, -0.05) is 35.3 Å². The van der Waals surface area contributed by atoms with E-state index in [9.17, 15) is 14.0 Å². The molecule has 0 radical (unpaired) electrons. The van der Waals surface area contributed by atoms with Crippen LogP contribution in [0.4, 0.5) is 15.9 Å². The van der Waals surface area contributed by atoms with Crippen molar-refractivity contribution in [1.29, 1.82) is 0 Å². The van der Waals surface area contributed by atoms with Crippen molar-refractivity contribution in [2.75, 3.05) is 10.6 Å². The summed E-state index contributed by atoms with van der Waals surface area (Å²) >= 11 is 11.9. The Hall–Kier alpha value is -2.90. The van der Waals surface area contributed by atoms with E-state index in [1.807, 2.05) is 0 Å². The van der Waals surface area contributed by atoms with Crippen molar-refractivity contribution >= 4 is 46.5 Å². The van der Waals surface area contributed by atoms with Crippen molar-refractivity contribution in [2.24, 2.45) is 0 Å². The summed E-state index contributed by atoms with van der Waals surface area (Å²) in [6.07, 6.45) is 1.46. The fourth-order valence-corrected chi connectivity index (χ4v) is 3.59. The molecule has 0 aliphatic carbocycles. The lowest BCUT2D eigenvalue weighted by Gasteiger charge is -2.10. The van der Waals surface area contributed by atoms with Crippen LogP contribution in [0.1, 0.15) is 12.5 Å². The Morgan fingerprint density at radius 1 is 1.18 bits per heavy atom. The van der Waals surface area contributed by atoms with E-state index in [1.165, 1.54) is 16.8 Å². The van der Waals surface area contributed by atoms with Gasteiger partial charge in [-0.2, -0.15) is 5.10 Å². The van der Waals surface area contributed by atoms with Crippen LogP contribution in [0.2, 0.25) is 10.0 Å². The van der Waals surface area contributed by atoms with E-state index in [0.29, 0.717) is 32.7 Å². The van der Waals surface area contributed by atoms with E-state index in [4.69, 9.17) is 23.2 Å². The molecule has 6 nitrogen and oxygen atoms in total. The molecule has 142 valence electrons. The first-order valence-corrected chi connectivity index (χ1v) is 9.06. The Morgan fingerprint density at radius 2 is 1.86 bits per heavy atom. The summed E-state index contributed by atoms with van der Waals surface area (Å²) in [5.41, 5.74) is 1.80. The first kappa shape index (κ1) is 18.5. The molecule has 1 atom stereocenters. The lowest BCUT2D eigenvalue weighted by molar-refractivity contribution is -0.123. The number of hydrogen-bond donors (Lipinski definition) is 2. The monoisotopic (exact) mass is 418 g/mol. The second-order valence-corrected chi connectivity index (χ2v) is 7.15. The van der Waals surface area contributed by atoms with Crippen LogP contribution in [0.5, 0.6) is 0 Å². The van der Waals surface area contributed by atoms with Crippen molar-refractivity contribution in [3.8, 4) is 11.1 Å². The van der Waals surface area contributed by atoms with Gasteiger partial charge in [-0.05, 0) is 35.9 Å². The Labute approximate surface area is 169 Å². The van der Waals surface area contributed by atoms with Gasteiger partial charge in [0.05, 0.1) is 12.6 Å². The molecular formula is C19H13Cl2FN4O2. The second kappa shape index (κ2) is 7.26. The number of nitrogens with one attached hydrogen (secondary N) is 2. The molecule has 0 bridgehead atoms. The number of carbonyl (C=O) groups is 2. The largest absolute Gasteiger partial charge is 0.326 e. The summed E-state index contributed by atoms with van der Waals surface area (Å²) in [5.74, 6) is -0.608. The fraction of sp³-hybridized carbons (Fsp3) is 0.105. The number of halogens is 3. The van der Waals surface area contributed by atoms with Gasteiger partial charge in [-0.3, -0.25) is 9.59 Å². The molecule has 0 spiro atoms. The molecule has 28 heavy (non-hydrogen) atoms. The van der Waals surface area contributed by atoms with Gasteiger partial charge >= 0.3 is 0 Å². The van der Waals surface area contributed by atoms with E-state index in [2.05, 4.69) is 15.7 Å². The van der Waals surface area contributed by atoms with E-state index in [0.717, 1.165) is 0 Å². The number of rotatable bonds is 4. The number of carbonyl (C=O) groups excluding carboxylic acids is 2. The highest BCUT2D eigenvalue weighted by Crippen LogP contribution is 2.35. The summed E-state index contributed by atoms with van der Waals surface area (Å²) in [7, 11) is 0. The fourth-order valence-electron chi connectivity index (χ4n) is 3.07. The van der Waals surface area contributed by atoms with Crippen molar-refractivity contribution in [3.05, 3.63) is 64.5 Å². The van der Waals surface area contributed by atoms with Crippen molar-refractivity contribution in [2.45, 2.75) is 12.5 Å². The molecule has 2 aromatic carbocycles. The van der Waals surface area contributed by atoms with Crippen molar-refractivity contribution in [1.82, 2.24) is 9.78 Å². The lowest BCUT2D eigenvalue weighted by Crippen LogP contribution is -2.23. The molecule has 0 saturated heterocycles. The molecule has 3 aromatic rings. The number of amides is 2. The lowest BCUT2D eigenvalue weighted by atomic mass is 10.1. The summed E-state index contributed by atoms with van der Waals surface area (Å²) in [6, 6.07) is 9.74. The highest BCUT2D eigenvalue weighted by Gasteiger charge is 2.35. The molecule has 1 aliphatic heterocycles. The van der Waals surface area contributed by atoms with Gasteiger partial charge in [0, 0.05) is 21.3 Å². The predicted molar refractivity (Wildman–Crippen MR) is 105 cm³/mol. The first-order valence-electron chi connectivity index (χ1n) is 8.31. The molecule has 2 amide bonds. The van der Waals surface area contributed by atoms with Crippen LogP contribution >= 0.6 is 23.2 Å². The van der Waals surface area contributed by atoms with Crippen LogP contribution < -0.4 is 10.6 Å². The number of hydrogen-bond acceptors (Lipinski definition) is 3. The van der Waals surface area contributed by atoms with Gasteiger partial charge in [-0.15, -0.1) is 0 Å². The molecular weight excluding hydrogens is 406 g/mol. The Balaban J connectivity index is 1.53. The molecule has 2 heterocycles. The minimum atomic E-state index is -0.793. The maximum atomic E-state index is 13.1. The zero-order valence-corrected chi connectivity index (χ0v) is 15.8. The predicted octanol–water partition coefficient (Wildman–Crippen LogP) is 4.52. The van der Waals surface area contributed by atoms with Gasteiger partial charge in [0.1, 0.15) is 17.7 Å². The standard InChI is InChI=1S/C19H13Cl2FN4O2/c20-11-5-12(21)7-14(6-11)24-17(27)8-16-19(28)25-18-15(9-23-26(16)18)10-1-3-13(22)4-2-10/h1-7,9,16H,8H2,(H,24,27)(H,25,28). The van der Waals surface area contributed by atoms with Crippen molar-refractivity contribution < 1.29 is 14.0 Å². The van der Waals surface area contributed by atoms with Crippen LogP contribution in [-0.4, -0.2) is 21.6 Å². The first-order chi connectivity index (χ1) is 13.4. The smallest absolute Gasteiger partial charge is 0.251 e. The summed E-state index contributed by atoms with van der Waals surface area (Å²) < 4.78 is 14.6. The number of aromatic nitrogens is 2. The van der Waals surface area contributed by atoms with E-state index in [-0.39, 0.29) is 24.1 Å². The Kier molecular flexibility index (Phi) is 4.78. The van der Waals surface area contributed by atoms with Crippen LogP contribution in [-0.2, 0) is 9.59 Å². The maximum Gasteiger partial charge on any atom is 0.251 e. The third-order valence-corrected chi connectivity index (χ3v) is 4.75. The van der Waals surface area contributed by atoms with Crippen LogP contribution in [0.15, 0.2) is 48.7 Å². The second-order valence-electron chi connectivity index (χ2n) is 6.27. The van der Waals surface area contributed by atoms with E-state index in [1.54, 1.807) is 36.5 Å². The van der Waals surface area contributed by atoms with Gasteiger partial charge in [0.15, 0.2) is 0 Å².